The smallest absolute Gasteiger partial charge is 0.348 e. The predicted molar refractivity (Wildman–Crippen MR) is 112 cm³/mol. The number of ether oxygens (including phenoxy) is 2. The van der Waals surface area contributed by atoms with E-state index in [0.29, 0.717) is 22.3 Å². The van der Waals surface area contributed by atoms with Crippen LogP contribution in [0.15, 0.2) is 29.8 Å². The van der Waals surface area contributed by atoms with Crippen LogP contribution in [0.1, 0.15) is 44.6 Å². The van der Waals surface area contributed by atoms with E-state index < -0.39 is 18.2 Å². The Bertz CT molecular complexity index is 883. The number of carbonyl (C=O) groups excluding carboxylic acids is 2. The minimum absolute atomic E-state index is 0.0951. The molecule has 1 aliphatic carbocycles. The van der Waals surface area contributed by atoms with Gasteiger partial charge in [0.25, 0.3) is 5.91 Å². The highest BCUT2D eigenvalue weighted by Gasteiger charge is 2.36. The number of amides is 1. The Hall–Kier alpha value is -2.12. The third-order valence-electron chi connectivity index (χ3n) is 5.40. The van der Waals surface area contributed by atoms with Gasteiger partial charge in [0.1, 0.15) is 5.75 Å². The van der Waals surface area contributed by atoms with E-state index in [4.69, 9.17) is 21.1 Å². The number of esters is 1. The average Bonchev–Trinajstić information content (AvgIpc) is 3.38. The maximum absolute atomic E-state index is 13.2. The maximum atomic E-state index is 13.2. The van der Waals surface area contributed by atoms with Crippen LogP contribution in [0.4, 0.5) is 5.13 Å². The van der Waals surface area contributed by atoms with Crippen molar-refractivity contribution in [3.63, 3.8) is 0 Å². The molecule has 1 amide bonds. The summed E-state index contributed by atoms with van der Waals surface area (Å²) in [5.41, 5.74) is 0.866. The Balaban J connectivity index is 1.43. The first-order valence-electron chi connectivity index (χ1n) is 9.91. The van der Waals surface area contributed by atoms with Crippen LogP contribution in [0.25, 0.3) is 0 Å². The number of carbonyl (C=O) groups is 2. The Morgan fingerprint density at radius 3 is 2.83 bits per heavy atom. The Morgan fingerprint density at radius 2 is 2.10 bits per heavy atom. The molecule has 2 aromatic rings. The second-order valence-corrected chi connectivity index (χ2v) is 8.77. The van der Waals surface area contributed by atoms with E-state index in [0.717, 1.165) is 31.2 Å². The van der Waals surface area contributed by atoms with Crippen molar-refractivity contribution in [2.45, 2.75) is 63.7 Å². The van der Waals surface area contributed by atoms with Crippen LogP contribution in [0.5, 0.6) is 5.75 Å². The van der Waals surface area contributed by atoms with Crippen molar-refractivity contribution in [1.29, 1.82) is 0 Å². The molecule has 1 fully saturated rings. The molecule has 2 aliphatic rings. The molecule has 4 rings (SSSR count). The first-order valence-corrected chi connectivity index (χ1v) is 11.2. The monoisotopic (exact) mass is 434 g/mol. The van der Waals surface area contributed by atoms with Gasteiger partial charge in [-0.25, -0.2) is 9.78 Å². The van der Waals surface area contributed by atoms with E-state index in [-0.39, 0.29) is 11.9 Å². The third kappa shape index (κ3) is 4.41. The highest BCUT2D eigenvalue weighted by molar-refractivity contribution is 7.13. The van der Waals surface area contributed by atoms with Crippen LogP contribution in [0.3, 0.4) is 0 Å². The largest absolute Gasteiger partial charge is 0.478 e. The van der Waals surface area contributed by atoms with Gasteiger partial charge in [-0.1, -0.05) is 30.9 Å². The third-order valence-corrected chi connectivity index (χ3v) is 6.41. The van der Waals surface area contributed by atoms with Crippen LogP contribution in [0.2, 0.25) is 5.02 Å². The molecular formula is C21H23ClN2O4S. The molecular weight excluding hydrogens is 412 g/mol. The molecule has 0 unspecified atom stereocenters. The van der Waals surface area contributed by atoms with E-state index >= 15 is 0 Å². The lowest BCUT2D eigenvalue weighted by molar-refractivity contribution is -0.160. The standard InChI is InChI=1S/C21H23ClN2O4S/c1-13(27-20(26)18-12-14-11-15(22)7-8-17(14)28-18)19(25)24(21-23-9-10-29-21)16-5-3-2-4-6-16/h7-11,13,16,18H,2-6,12H2,1H3/t13-,18+/m1/s1. The summed E-state index contributed by atoms with van der Waals surface area (Å²) < 4.78 is 11.2. The first kappa shape index (κ1) is 20.2. The van der Waals surface area contributed by atoms with E-state index in [9.17, 15) is 9.59 Å². The number of rotatable bonds is 5. The summed E-state index contributed by atoms with van der Waals surface area (Å²) in [5, 5.41) is 3.10. The quantitative estimate of drug-likeness (QED) is 0.652. The number of hydrogen-bond donors (Lipinski definition) is 0. The number of thiazole rings is 1. The normalized spacial score (nSPS) is 19.9. The summed E-state index contributed by atoms with van der Waals surface area (Å²) in [7, 11) is 0. The summed E-state index contributed by atoms with van der Waals surface area (Å²) in [5.74, 6) is -0.151. The maximum Gasteiger partial charge on any atom is 0.348 e. The zero-order chi connectivity index (χ0) is 20.4. The SMILES string of the molecule is C[C@@H](OC(=O)[C@@H]1Cc2cc(Cl)ccc2O1)C(=O)N(c1nccs1)C1CCCCC1. The summed E-state index contributed by atoms with van der Waals surface area (Å²) >= 11 is 7.43. The highest BCUT2D eigenvalue weighted by atomic mass is 35.5. The van der Waals surface area contributed by atoms with Crippen LogP contribution >= 0.6 is 22.9 Å². The predicted octanol–water partition coefficient (Wildman–Crippen LogP) is 4.40. The van der Waals surface area contributed by atoms with Gasteiger partial charge in [0.15, 0.2) is 17.3 Å². The van der Waals surface area contributed by atoms with Crippen LogP contribution < -0.4 is 9.64 Å². The van der Waals surface area contributed by atoms with Crippen LogP contribution in [-0.4, -0.2) is 35.1 Å². The Kier molecular flexibility index (Phi) is 6.06. The van der Waals surface area contributed by atoms with Crippen molar-refractivity contribution in [3.05, 3.63) is 40.4 Å². The second-order valence-electron chi connectivity index (χ2n) is 7.46. The lowest BCUT2D eigenvalue weighted by atomic mass is 9.94. The number of benzene rings is 1. The van der Waals surface area contributed by atoms with Crippen LogP contribution in [0, 0.1) is 0 Å². The fraction of sp³-hybridized carbons (Fsp3) is 0.476. The summed E-state index contributed by atoms with van der Waals surface area (Å²) in [6.45, 7) is 1.61. The lowest BCUT2D eigenvalue weighted by Gasteiger charge is -2.34. The van der Waals surface area contributed by atoms with Gasteiger partial charge in [0.2, 0.25) is 0 Å². The van der Waals surface area contributed by atoms with Gasteiger partial charge in [0.05, 0.1) is 0 Å². The fourth-order valence-electron chi connectivity index (χ4n) is 3.95. The van der Waals surface area contributed by atoms with Crippen LogP contribution in [-0.2, 0) is 20.7 Å². The number of nitrogens with zero attached hydrogens (tertiary/aromatic N) is 2. The Morgan fingerprint density at radius 1 is 1.31 bits per heavy atom. The molecule has 0 spiro atoms. The van der Waals surface area contributed by atoms with Crippen molar-refractivity contribution < 1.29 is 19.1 Å². The minimum Gasteiger partial charge on any atom is -0.478 e. The number of aromatic nitrogens is 1. The van der Waals surface area contributed by atoms with E-state index in [1.165, 1.54) is 17.8 Å². The molecule has 1 aliphatic heterocycles. The molecule has 8 heteroatoms. The van der Waals surface area contributed by atoms with Crippen molar-refractivity contribution >= 4 is 39.9 Å². The number of anilines is 1. The molecule has 154 valence electrons. The van der Waals surface area contributed by atoms with Gasteiger partial charge in [-0.3, -0.25) is 9.69 Å². The molecule has 1 aromatic carbocycles. The van der Waals surface area contributed by atoms with Gasteiger partial charge < -0.3 is 9.47 Å². The van der Waals surface area contributed by atoms with Gasteiger partial charge in [-0.2, -0.15) is 0 Å². The van der Waals surface area contributed by atoms with Crippen molar-refractivity contribution in [2.24, 2.45) is 0 Å². The van der Waals surface area contributed by atoms with E-state index in [1.807, 2.05) is 5.38 Å². The number of halogens is 1. The number of hydrogen-bond acceptors (Lipinski definition) is 6. The molecule has 1 saturated carbocycles. The molecule has 6 nitrogen and oxygen atoms in total. The molecule has 2 atom stereocenters. The summed E-state index contributed by atoms with van der Waals surface area (Å²) in [4.78, 5) is 31.9. The molecule has 0 bridgehead atoms. The molecule has 0 radical (unpaired) electrons. The average molecular weight is 435 g/mol. The summed E-state index contributed by atoms with van der Waals surface area (Å²) in [6.07, 6.45) is 5.63. The van der Waals surface area contributed by atoms with E-state index in [2.05, 4.69) is 4.98 Å². The zero-order valence-electron chi connectivity index (χ0n) is 16.2. The topological polar surface area (TPSA) is 68.7 Å². The fourth-order valence-corrected chi connectivity index (χ4v) is 4.86. The van der Waals surface area contributed by atoms with Gasteiger partial charge in [-0.05, 0) is 43.5 Å². The zero-order valence-corrected chi connectivity index (χ0v) is 17.7. The molecule has 2 heterocycles. The minimum atomic E-state index is -0.913. The summed E-state index contributed by atoms with van der Waals surface area (Å²) in [6, 6.07) is 5.34. The van der Waals surface area contributed by atoms with Gasteiger partial charge in [0, 0.05) is 29.1 Å². The molecule has 0 N–H and O–H groups in total. The molecule has 29 heavy (non-hydrogen) atoms. The van der Waals surface area contributed by atoms with Gasteiger partial charge in [-0.15, -0.1) is 11.3 Å². The Labute approximate surface area is 178 Å². The van der Waals surface area contributed by atoms with Crippen molar-refractivity contribution in [2.75, 3.05) is 4.90 Å². The van der Waals surface area contributed by atoms with Crippen molar-refractivity contribution in [3.8, 4) is 5.75 Å². The van der Waals surface area contributed by atoms with E-state index in [1.54, 1.807) is 36.2 Å². The number of fused-ring (bicyclic) bond motifs is 1. The lowest BCUT2D eigenvalue weighted by Crippen LogP contribution is -2.48. The first-order chi connectivity index (χ1) is 14.0. The molecule has 1 aromatic heterocycles. The highest BCUT2D eigenvalue weighted by Crippen LogP contribution is 2.32. The molecule has 0 saturated heterocycles. The van der Waals surface area contributed by atoms with Gasteiger partial charge >= 0.3 is 5.97 Å². The second kappa shape index (κ2) is 8.71. The van der Waals surface area contributed by atoms with Crippen molar-refractivity contribution in [1.82, 2.24) is 4.98 Å².